The van der Waals surface area contributed by atoms with Crippen LogP contribution in [0.3, 0.4) is 0 Å². The summed E-state index contributed by atoms with van der Waals surface area (Å²) < 4.78 is 32.8. The van der Waals surface area contributed by atoms with Crippen molar-refractivity contribution in [2.24, 2.45) is 11.8 Å². The van der Waals surface area contributed by atoms with Gasteiger partial charge in [-0.2, -0.15) is 5.10 Å². The first-order chi connectivity index (χ1) is 16.5. The molecular formula is C25H31N3O5S2. The molecule has 0 radical (unpaired) electrons. The molecule has 8 nitrogen and oxygen atoms in total. The highest BCUT2D eigenvalue weighted by Crippen LogP contribution is 2.58. The summed E-state index contributed by atoms with van der Waals surface area (Å²) in [6, 6.07) is 4.92. The van der Waals surface area contributed by atoms with E-state index in [0.717, 1.165) is 25.7 Å². The second-order valence-electron chi connectivity index (χ2n) is 10.2. The number of aryl methyl sites for hydroxylation is 1. The van der Waals surface area contributed by atoms with Crippen LogP contribution in [0.2, 0.25) is 0 Å². The summed E-state index contributed by atoms with van der Waals surface area (Å²) in [7, 11) is -2.65. The molecular weight excluding hydrogens is 486 g/mol. The van der Waals surface area contributed by atoms with Crippen molar-refractivity contribution in [3.8, 4) is 17.0 Å². The van der Waals surface area contributed by atoms with E-state index in [2.05, 4.69) is 4.98 Å². The second-order valence-corrected chi connectivity index (χ2v) is 13.6. The van der Waals surface area contributed by atoms with E-state index >= 15 is 0 Å². The molecule has 5 rings (SSSR count). The third-order valence-electron chi connectivity index (χ3n) is 7.51. The van der Waals surface area contributed by atoms with Crippen molar-refractivity contribution in [2.45, 2.75) is 75.0 Å². The number of ether oxygens (including phenoxy) is 1. The predicted molar refractivity (Wildman–Crippen MR) is 133 cm³/mol. The fourth-order valence-electron chi connectivity index (χ4n) is 4.96. The fraction of sp³-hybridized carbons (Fsp3) is 0.560. The Labute approximate surface area is 209 Å². The number of ketones is 1. The first kappa shape index (κ1) is 24.4. The maximum atomic E-state index is 13.6. The monoisotopic (exact) mass is 517 g/mol. The Morgan fingerprint density at radius 2 is 1.86 bits per heavy atom. The summed E-state index contributed by atoms with van der Waals surface area (Å²) in [6.07, 6.45) is 4.14. The average molecular weight is 518 g/mol. The number of hydrogen-bond acceptors (Lipinski definition) is 8. The molecule has 0 bridgehead atoms. The van der Waals surface area contributed by atoms with Gasteiger partial charge in [0, 0.05) is 12.0 Å². The van der Waals surface area contributed by atoms with Gasteiger partial charge in [-0.15, -0.1) is 0 Å². The van der Waals surface area contributed by atoms with Crippen LogP contribution in [-0.2, 0) is 20.2 Å². The fourth-order valence-corrected chi connectivity index (χ4v) is 7.84. The van der Waals surface area contributed by atoms with E-state index in [1.165, 1.54) is 32.3 Å². The lowest BCUT2D eigenvalue weighted by Crippen LogP contribution is -2.40. The van der Waals surface area contributed by atoms with Crippen molar-refractivity contribution in [3.05, 3.63) is 28.9 Å². The Bertz CT molecular complexity index is 1420. The number of imidazole rings is 1. The van der Waals surface area contributed by atoms with Crippen molar-refractivity contribution in [1.29, 1.82) is 0 Å². The van der Waals surface area contributed by atoms with E-state index < -0.39 is 20.2 Å². The number of carbonyl (C=O) groups is 1. The molecule has 2 saturated carbocycles. The second kappa shape index (κ2) is 8.11. The maximum Gasteiger partial charge on any atom is 0.213 e. The molecule has 0 spiro atoms. The van der Waals surface area contributed by atoms with Gasteiger partial charge >= 0.3 is 0 Å². The van der Waals surface area contributed by atoms with Crippen LogP contribution >= 0.6 is 11.3 Å². The largest absolute Gasteiger partial charge is 0.495 e. The standard InChI is InChI=1S/C25H31N3O5S2/c1-6-20(29)24(3,4)35(31,32)19-13-15(7-12-18(19)33-5)21-14(2)26-23-28(21)27-22(34-23)25(30,16-8-9-16)17-10-11-17/h7,12-13,16-17,30H,6,8-11H2,1-5H3. The molecule has 0 aliphatic heterocycles. The van der Waals surface area contributed by atoms with E-state index in [-0.39, 0.29) is 34.7 Å². The molecule has 0 unspecified atom stereocenters. The van der Waals surface area contributed by atoms with Crippen molar-refractivity contribution in [1.82, 2.24) is 14.6 Å². The van der Waals surface area contributed by atoms with Crippen LogP contribution < -0.4 is 4.74 Å². The summed E-state index contributed by atoms with van der Waals surface area (Å²) in [5.41, 5.74) is 1.06. The maximum absolute atomic E-state index is 13.6. The topological polar surface area (TPSA) is 111 Å². The van der Waals surface area contributed by atoms with Gasteiger partial charge in [0.05, 0.1) is 18.5 Å². The number of aromatic nitrogens is 3. The van der Waals surface area contributed by atoms with Gasteiger partial charge in [0.25, 0.3) is 0 Å². The van der Waals surface area contributed by atoms with Crippen LogP contribution in [0.15, 0.2) is 23.1 Å². The number of nitrogens with zero attached hydrogens (tertiary/aromatic N) is 3. The van der Waals surface area contributed by atoms with Gasteiger partial charge in [0.1, 0.15) is 26.0 Å². The Balaban J connectivity index is 1.65. The lowest BCUT2D eigenvalue weighted by Gasteiger charge is -2.25. The van der Waals surface area contributed by atoms with Gasteiger partial charge in [-0.3, -0.25) is 4.79 Å². The molecule has 0 saturated heterocycles. The number of rotatable bonds is 9. The number of benzene rings is 1. The zero-order chi connectivity index (χ0) is 25.3. The number of Topliss-reactive ketones (excluding diaryl/α,β-unsaturated/α-hetero) is 1. The van der Waals surface area contributed by atoms with Crippen LogP contribution in [0, 0.1) is 18.8 Å². The molecule has 2 fully saturated rings. The molecule has 0 atom stereocenters. The van der Waals surface area contributed by atoms with Crippen LogP contribution in [-0.4, -0.2) is 45.8 Å². The van der Waals surface area contributed by atoms with E-state index in [4.69, 9.17) is 9.84 Å². The van der Waals surface area contributed by atoms with Gasteiger partial charge in [0.2, 0.25) is 4.96 Å². The summed E-state index contributed by atoms with van der Waals surface area (Å²) in [6.45, 7) is 6.38. The van der Waals surface area contributed by atoms with E-state index in [0.29, 0.717) is 26.9 Å². The highest BCUT2D eigenvalue weighted by Gasteiger charge is 2.56. The van der Waals surface area contributed by atoms with Gasteiger partial charge in [0.15, 0.2) is 15.6 Å². The molecule has 2 aromatic heterocycles. The zero-order valence-corrected chi connectivity index (χ0v) is 22.3. The molecule has 1 N–H and O–H groups in total. The van der Waals surface area contributed by atoms with E-state index in [1.54, 1.807) is 29.6 Å². The number of methoxy groups -OCH3 is 1. The number of hydrogen-bond donors (Lipinski definition) is 1. The molecule has 2 aliphatic carbocycles. The smallest absolute Gasteiger partial charge is 0.213 e. The quantitative estimate of drug-likeness (QED) is 0.450. The Kier molecular flexibility index (Phi) is 5.65. The highest BCUT2D eigenvalue weighted by molar-refractivity contribution is 7.93. The summed E-state index contributed by atoms with van der Waals surface area (Å²) in [4.78, 5) is 17.8. The zero-order valence-electron chi connectivity index (χ0n) is 20.7. The molecule has 2 aliphatic rings. The first-order valence-corrected chi connectivity index (χ1v) is 14.3. The molecule has 2 heterocycles. The van der Waals surface area contributed by atoms with Crippen molar-refractivity contribution >= 4 is 31.9 Å². The van der Waals surface area contributed by atoms with Crippen molar-refractivity contribution < 1.29 is 23.1 Å². The van der Waals surface area contributed by atoms with Crippen molar-refractivity contribution in [3.63, 3.8) is 0 Å². The predicted octanol–water partition coefficient (Wildman–Crippen LogP) is 4.31. The van der Waals surface area contributed by atoms with Crippen molar-refractivity contribution in [2.75, 3.05) is 7.11 Å². The Morgan fingerprint density at radius 1 is 1.23 bits per heavy atom. The first-order valence-electron chi connectivity index (χ1n) is 12.0. The number of carbonyl (C=O) groups excluding carboxylic acids is 1. The van der Waals surface area contributed by atoms with Gasteiger partial charge < -0.3 is 9.84 Å². The lowest BCUT2D eigenvalue weighted by atomic mass is 9.93. The molecule has 188 valence electrons. The minimum absolute atomic E-state index is 0.0402. The number of fused-ring (bicyclic) bond motifs is 1. The SMILES string of the molecule is CCC(=O)C(C)(C)S(=O)(=O)c1cc(-c2c(C)nc3sc(C(O)(C4CC4)C4CC4)nn23)ccc1OC. The number of aliphatic hydroxyl groups is 1. The third-order valence-corrected chi connectivity index (χ3v) is 11.0. The summed E-state index contributed by atoms with van der Waals surface area (Å²) >= 11 is 1.40. The van der Waals surface area contributed by atoms with Crippen LogP contribution in [0.5, 0.6) is 5.75 Å². The lowest BCUT2D eigenvalue weighted by molar-refractivity contribution is -0.120. The van der Waals surface area contributed by atoms with Crippen LogP contribution in [0.4, 0.5) is 0 Å². The van der Waals surface area contributed by atoms with Gasteiger partial charge in [-0.1, -0.05) is 18.3 Å². The van der Waals surface area contributed by atoms with Crippen LogP contribution in [0.25, 0.3) is 16.2 Å². The van der Waals surface area contributed by atoms with Gasteiger partial charge in [-0.05, 0) is 76.5 Å². The van der Waals surface area contributed by atoms with Gasteiger partial charge in [-0.25, -0.2) is 17.9 Å². The Hall–Kier alpha value is -2.30. The Morgan fingerprint density at radius 3 is 2.40 bits per heavy atom. The molecule has 1 aromatic carbocycles. The minimum Gasteiger partial charge on any atom is -0.495 e. The summed E-state index contributed by atoms with van der Waals surface area (Å²) in [5, 5.41) is 17.1. The third kappa shape index (κ3) is 3.64. The molecule has 35 heavy (non-hydrogen) atoms. The van der Waals surface area contributed by atoms with E-state index in [1.807, 2.05) is 6.92 Å². The number of sulfone groups is 1. The van der Waals surface area contributed by atoms with Crippen LogP contribution in [0.1, 0.15) is 63.6 Å². The molecule has 10 heteroatoms. The minimum atomic E-state index is -4.06. The highest BCUT2D eigenvalue weighted by atomic mass is 32.2. The molecule has 3 aromatic rings. The molecule has 0 amide bonds. The van der Waals surface area contributed by atoms with E-state index in [9.17, 15) is 18.3 Å². The summed E-state index contributed by atoms with van der Waals surface area (Å²) in [5.74, 6) is 0.300. The normalized spacial score (nSPS) is 17.2. The average Bonchev–Trinajstić information content (AvgIpc) is 3.75.